The predicted molar refractivity (Wildman–Crippen MR) is 105 cm³/mol. The summed E-state index contributed by atoms with van der Waals surface area (Å²) in [5.74, 6) is 0.188. The van der Waals surface area contributed by atoms with E-state index in [1.165, 1.54) is 11.8 Å². The molecular formula is C20H23ClN2O3. The highest BCUT2D eigenvalue weighted by Gasteiger charge is 2.16. The Labute approximate surface area is 158 Å². The highest BCUT2D eigenvalue weighted by molar-refractivity contribution is 6.31. The third-order valence-corrected chi connectivity index (χ3v) is 4.06. The smallest absolute Gasteiger partial charge is 0.244 e. The van der Waals surface area contributed by atoms with E-state index in [9.17, 15) is 9.59 Å². The quantitative estimate of drug-likeness (QED) is 0.813. The van der Waals surface area contributed by atoms with Gasteiger partial charge in [-0.3, -0.25) is 9.59 Å². The number of benzene rings is 2. The molecule has 5 nitrogen and oxygen atoms in total. The molecule has 0 bridgehead atoms. The molecule has 138 valence electrons. The number of carbonyl (C=O) groups is 2. The summed E-state index contributed by atoms with van der Waals surface area (Å²) in [6.07, 6.45) is 0.0665. The Morgan fingerprint density at radius 2 is 1.81 bits per heavy atom. The highest BCUT2D eigenvalue weighted by atomic mass is 35.5. The number of anilines is 2. The molecule has 2 aromatic carbocycles. The molecule has 0 aliphatic rings. The maximum atomic E-state index is 12.3. The summed E-state index contributed by atoms with van der Waals surface area (Å²) in [5.41, 5.74) is 2.15. The molecular weight excluding hydrogens is 352 g/mol. The fourth-order valence-corrected chi connectivity index (χ4v) is 2.56. The number of ether oxygens (including phenoxy) is 1. The van der Waals surface area contributed by atoms with Crippen molar-refractivity contribution in [2.45, 2.75) is 33.8 Å². The number of nitrogens with one attached hydrogen (secondary N) is 1. The maximum absolute atomic E-state index is 12.3. The topological polar surface area (TPSA) is 58.6 Å². The van der Waals surface area contributed by atoms with Crippen LogP contribution in [0.1, 0.15) is 26.3 Å². The SMILES string of the molecule is CC(=O)N(CC(=O)Nc1ccc(C)c(Cl)c1)c1ccc(OC(C)C)cc1. The van der Waals surface area contributed by atoms with E-state index in [0.29, 0.717) is 22.1 Å². The molecule has 26 heavy (non-hydrogen) atoms. The molecule has 0 aliphatic heterocycles. The van der Waals surface area contributed by atoms with Gasteiger partial charge in [-0.2, -0.15) is 0 Å². The Kier molecular flexibility index (Phi) is 6.64. The molecule has 6 heteroatoms. The van der Waals surface area contributed by atoms with Crippen LogP contribution in [0.4, 0.5) is 11.4 Å². The van der Waals surface area contributed by atoms with Crippen LogP contribution in [0.2, 0.25) is 5.02 Å². The summed E-state index contributed by atoms with van der Waals surface area (Å²) in [6.45, 7) is 7.10. The first-order valence-electron chi connectivity index (χ1n) is 8.37. The van der Waals surface area contributed by atoms with Crippen LogP contribution >= 0.6 is 11.6 Å². The van der Waals surface area contributed by atoms with Gasteiger partial charge in [0.2, 0.25) is 11.8 Å². The first-order chi connectivity index (χ1) is 12.3. The second-order valence-corrected chi connectivity index (χ2v) is 6.69. The molecule has 0 aromatic heterocycles. The van der Waals surface area contributed by atoms with Gasteiger partial charge < -0.3 is 15.0 Å². The summed E-state index contributed by atoms with van der Waals surface area (Å²) in [5, 5.41) is 3.34. The first kappa shape index (κ1) is 19.8. The zero-order valence-electron chi connectivity index (χ0n) is 15.4. The number of amides is 2. The molecule has 0 saturated carbocycles. The zero-order valence-corrected chi connectivity index (χ0v) is 16.1. The van der Waals surface area contributed by atoms with E-state index < -0.39 is 0 Å². The molecule has 0 radical (unpaired) electrons. The summed E-state index contributed by atoms with van der Waals surface area (Å²) >= 11 is 6.07. The molecule has 0 saturated heterocycles. The number of hydrogen-bond acceptors (Lipinski definition) is 3. The Bertz CT molecular complexity index is 788. The van der Waals surface area contributed by atoms with Crippen LogP contribution in [-0.2, 0) is 9.59 Å². The Morgan fingerprint density at radius 1 is 1.15 bits per heavy atom. The van der Waals surface area contributed by atoms with Crippen molar-refractivity contribution in [2.24, 2.45) is 0 Å². The van der Waals surface area contributed by atoms with Crippen LogP contribution in [0.3, 0.4) is 0 Å². The Hall–Kier alpha value is -2.53. The average Bonchev–Trinajstić information content (AvgIpc) is 2.56. The molecule has 0 aliphatic carbocycles. The lowest BCUT2D eigenvalue weighted by Gasteiger charge is -2.21. The van der Waals surface area contributed by atoms with E-state index >= 15 is 0 Å². The van der Waals surface area contributed by atoms with Gasteiger partial charge >= 0.3 is 0 Å². The monoisotopic (exact) mass is 374 g/mol. The minimum absolute atomic E-state index is 0.0665. The van der Waals surface area contributed by atoms with Gasteiger partial charge in [0.25, 0.3) is 0 Å². The summed E-state index contributed by atoms with van der Waals surface area (Å²) in [4.78, 5) is 25.7. The normalized spacial score (nSPS) is 10.5. The van der Waals surface area contributed by atoms with Crippen molar-refractivity contribution < 1.29 is 14.3 Å². The minimum atomic E-state index is -0.303. The largest absolute Gasteiger partial charge is 0.491 e. The van der Waals surface area contributed by atoms with Crippen LogP contribution in [-0.4, -0.2) is 24.5 Å². The third-order valence-electron chi connectivity index (χ3n) is 3.66. The summed E-state index contributed by atoms with van der Waals surface area (Å²) in [7, 11) is 0. The number of rotatable bonds is 6. The van der Waals surface area contributed by atoms with Gasteiger partial charge in [-0.25, -0.2) is 0 Å². The lowest BCUT2D eigenvalue weighted by molar-refractivity contribution is -0.120. The van der Waals surface area contributed by atoms with E-state index in [1.54, 1.807) is 36.4 Å². The van der Waals surface area contributed by atoms with E-state index in [4.69, 9.17) is 16.3 Å². The van der Waals surface area contributed by atoms with Gasteiger partial charge in [0, 0.05) is 23.3 Å². The number of aryl methyl sites for hydroxylation is 1. The fraction of sp³-hybridized carbons (Fsp3) is 0.300. The molecule has 0 fully saturated rings. The van der Waals surface area contributed by atoms with Crippen molar-refractivity contribution in [3.8, 4) is 5.75 Å². The molecule has 2 amide bonds. The lowest BCUT2D eigenvalue weighted by Crippen LogP contribution is -2.36. The van der Waals surface area contributed by atoms with Gasteiger partial charge in [-0.15, -0.1) is 0 Å². The molecule has 1 N–H and O–H groups in total. The molecule has 0 spiro atoms. The van der Waals surface area contributed by atoms with E-state index in [-0.39, 0.29) is 24.5 Å². The fourth-order valence-electron chi connectivity index (χ4n) is 2.38. The molecule has 2 aromatic rings. The zero-order chi connectivity index (χ0) is 19.3. The Balaban J connectivity index is 2.08. The van der Waals surface area contributed by atoms with E-state index in [0.717, 1.165) is 5.56 Å². The van der Waals surface area contributed by atoms with Gasteiger partial charge in [0.05, 0.1) is 6.10 Å². The Morgan fingerprint density at radius 3 is 2.35 bits per heavy atom. The van der Waals surface area contributed by atoms with Crippen LogP contribution in [0.15, 0.2) is 42.5 Å². The minimum Gasteiger partial charge on any atom is -0.491 e. The maximum Gasteiger partial charge on any atom is 0.244 e. The van der Waals surface area contributed by atoms with Crippen LogP contribution in [0.5, 0.6) is 5.75 Å². The third kappa shape index (κ3) is 5.49. The molecule has 2 rings (SSSR count). The molecule has 0 heterocycles. The number of hydrogen-bond donors (Lipinski definition) is 1. The molecule has 0 unspecified atom stereocenters. The number of halogens is 1. The van der Waals surface area contributed by atoms with E-state index in [1.807, 2.05) is 26.8 Å². The summed E-state index contributed by atoms with van der Waals surface area (Å²) < 4.78 is 5.60. The van der Waals surface area contributed by atoms with Gasteiger partial charge in [-0.1, -0.05) is 17.7 Å². The standard InChI is InChI=1S/C20H23ClN2O3/c1-13(2)26-18-9-7-17(8-10-18)23(15(4)24)12-20(25)22-16-6-5-14(3)19(21)11-16/h5-11,13H,12H2,1-4H3,(H,22,25). The van der Waals surface area contributed by atoms with Crippen LogP contribution in [0.25, 0.3) is 0 Å². The van der Waals surface area contributed by atoms with E-state index in [2.05, 4.69) is 5.32 Å². The summed E-state index contributed by atoms with van der Waals surface area (Å²) in [6, 6.07) is 12.4. The van der Waals surface area contributed by atoms with Crippen molar-refractivity contribution >= 4 is 34.8 Å². The van der Waals surface area contributed by atoms with Gasteiger partial charge in [0.1, 0.15) is 12.3 Å². The first-order valence-corrected chi connectivity index (χ1v) is 8.75. The van der Waals surface area contributed by atoms with Gasteiger partial charge in [-0.05, 0) is 62.7 Å². The molecule has 0 atom stereocenters. The van der Waals surface area contributed by atoms with Crippen molar-refractivity contribution in [2.75, 3.05) is 16.8 Å². The van der Waals surface area contributed by atoms with Crippen molar-refractivity contribution in [1.29, 1.82) is 0 Å². The average molecular weight is 375 g/mol. The second kappa shape index (κ2) is 8.72. The predicted octanol–water partition coefficient (Wildman–Crippen LogP) is 4.43. The van der Waals surface area contributed by atoms with Gasteiger partial charge in [0.15, 0.2) is 0 Å². The van der Waals surface area contributed by atoms with Crippen LogP contribution in [0, 0.1) is 6.92 Å². The van der Waals surface area contributed by atoms with Crippen molar-refractivity contribution in [3.63, 3.8) is 0 Å². The second-order valence-electron chi connectivity index (χ2n) is 6.28. The van der Waals surface area contributed by atoms with Crippen LogP contribution < -0.4 is 15.0 Å². The van der Waals surface area contributed by atoms with Crippen molar-refractivity contribution in [3.05, 3.63) is 53.1 Å². The number of carbonyl (C=O) groups excluding carboxylic acids is 2. The van der Waals surface area contributed by atoms with Crippen molar-refractivity contribution in [1.82, 2.24) is 0 Å². The lowest BCUT2D eigenvalue weighted by atomic mass is 10.2. The number of nitrogens with zero attached hydrogens (tertiary/aromatic N) is 1. The highest BCUT2D eigenvalue weighted by Crippen LogP contribution is 2.22.